The number of aryl methyl sites for hydroxylation is 1. The average molecular weight is 523 g/mol. The number of hydrogen-bond donors (Lipinski definition) is 3. The zero-order chi connectivity index (χ0) is 27.0. The fourth-order valence-electron chi connectivity index (χ4n) is 4.73. The molecular formula is C29H38N4O3S. The third-order valence-corrected chi connectivity index (χ3v) is 7.83. The number of benzene rings is 1. The van der Waals surface area contributed by atoms with Crippen molar-refractivity contribution >= 4 is 39.2 Å². The van der Waals surface area contributed by atoms with Gasteiger partial charge in [0.25, 0.3) is 5.91 Å². The summed E-state index contributed by atoms with van der Waals surface area (Å²) in [5.41, 5.74) is 9.47. The number of nitrogens with zero attached hydrogens (tertiary/aromatic N) is 1. The normalized spacial score (nSPS) is 16.6. The number of amides is 2. The van der Waals surface area contributed by atoms with Crippen molar-refractivity contribution in [3.05, 3.63) is 58.1 Å². The molecule has 4 N–H and O–H groups in total. The van der Waals surface area contributed by atoms with Gasteiger partial charge in [-0.3, -0.25) is 4.79 Å². The Balaban J connectivity index is 1.53. The van der Waals surface area contributed by atoms with Gasteiger partial charge in [-0.1, -0.05) is 32.9 Å². The number of nitrogens with one attached hydrogen (secondary N) is 2. The first-order valence-corrected chi connectivity index (χ1v) is 13.7. The minimum Gasteiger partial charge on any atom is -0.444 e. The highest BCUT2D eigenvalue weighted by Crippen LogP contribution is 2.38. The van der Waals surface area contributed by atoms with Crippen LogP contribution in [0, 0.1) is 11.3 Å². The quantitative estimate of drug-likeness (QED) is 0.355. The van der Waals surface area contributed by atoms with E-state index in [0.717, 1.165) is 40.7 Å². The van der Waals surface area contributed by atoms with E-state index in [1.165, 1.54) is 16.9 Å². The van der Waals surface area contributed by atoms with E-state index in [4.69, 9.17) is 15.5 Å². The van der Waals surface area contributed by atoms with Gasteiger partial charge >= 0.3 is 6.09 Å². The first kappa shape index (κ1) is 26.9. The fourth-order valence-corrected chi connectivity index (χ4v) is 5.67. The van der Waals surface area contributed by atoms with E-state index in [1.54, 1.807) is 32.9 Å². The van der Waals surface area contributed by atoms with Crippen molar-refractivity contribution in [1.82, 2.24) is 15.6 Å². The number of fused-ring (bicyclic) bond motifs is 2. The minimum absolute atomic E-state index is 0.162. The van der Waals surface area contributed by atoms with Gasteiger partial charge in [0, 0.05) is 23.3 Å². The number of alkyl carbamates (subject to hydrolysis) is 1. The number of carbonyl (C=O) groups is 2. The van der Waals surface area contributed by atoms with Crippen LogP contribution in [0.2, 0.25) is 0 Å². The zero-order valence-electron chi connectivity index (χ0n) is 22.6. The molecule has 0 radical (unpaired) electrons. The smallest absolute Gasteiger partial charge is 0.407 e. The molecule has 4 rings (SSSR count). The highest BCUT2D eigenvalue weighted by atomic mass is 32.1. The van der Waals surface area contributed by atoms with E-state index < -0.39 is 17.7 Å². The van der Waals surface area contributed by atoms with E-state index in [9.17, 15) is 9.59 Å². The van der Waals surface area contributed by atoms with Gasteiger partial charge in [0.2, 0.25) is 0 Å². The Labute approximate surface area is 223 Å². The number of aromatic nitrogens is 1. The molecule has 7 nitrogen and oxygen atoms in total. The predicted molar refractivity (Wildman–Crippen MR) is 150 cm³/mol. The van der Waals surface area contributed by atoms with Gasteiger partial charge in [-0.25, -0.2) is 9.78 Å². The van der Waals surface area contributed by atoms with E-state index in [2.05, 4.69) is 37.5 Å². The number of nitrogens with two attached hydrogens (primary N) is 1. The Morgan fingerprint density at radius 3 is 2.59 bits per heavy atom. The molecule has 2 heterocycles. The second-order valence-electron chi connectivity index (χ2n) is 12.0. The molecule has 8 heteroatoms. The monoisotopic (exact) mass is 522 g/mol. The van der Waals surface area contributed by atoms with Crippen LogP contribution in [-0.2, 0) is 17.6 Å². The zero-order valence-corrected chi connectivity index (χ0v) is 23.4. The third-order valence-electron chi connectivity index (χ3n) is 6.79. The number of nitrogen functional groups attached to an aromatic ring is 1. The van der Waals surface area contributed by atoms with Crippen LogP contribution in [0.1, 0.15) is 80.5 Å². The Morgan fingerprint density at radius 1 is 1.16 bits per heavy atom. The van der Waals surface area contributed by atoms with E-state index >= 15 is 0 Å². The van der Waals surface area contributed by atoms with Crippen LogP contribution in [0.15, 0.2) is 36.4 Å². The van der Waals surface area contributed by atoms with Gasteiger partial charge in [-0.2, -0.15) is 0 Å². The summed E-state index contributed by atoms with van der Waals surface area (Å²) in [6.07, 6.45) is 2.59. The second-order valence-corrected chi connectivity index (χ2v) is 13.0. The summed E-state index contributed by atoms with van der Waals surface area (Å²) < 4.78 is 5.36. The lowest BCUT2D eigenvalue weighted by Crippen LogP contribution is -2.40. The maximum absolute atomic E-state index is 13.4. The van der Waals surface area contributed by atoms with Crippen molar-refractivity contribution in [2.75, 3.05) is 12.3 Å². The van der Waals surface area contributed by atoms with Crippen molar-refractivity contribution in [1.29, 1.82) is 0 Å². The lowest BCUT2D eigenvalue weighted by Gasteiger charge is -2.34. The minimum atomic E-state index is -0.615. The van der Waals surface area contributed by atoms with E-state index in [1.807, 2.05) is 18.2 Å². The lowest BCUT2D eigenvalue weighted by molar-refractivity contribution is 0.0520. The number of carbonyl (C=O) groups excluding carboxylic acids is 2. The van der Waals surface area contributed by atoms with Crippen LogP contribution in [0.25, 0.3) is 10.2 Å². The summed E-state index contributed by atoms with van der Waals surface area (Å²) in [5.74, 6) is 0.407. The molecule has 1 aliphatic carbocycles. The van der Waals surface area contributed by atoms with Crippen LogP contribution in [0.4, 0.5) is 10.5 Å². The molecule has 1 aromatic carbocycles. The van der Waals surface area contributed by atoms with Crippen molar-refractivity contribution in [3.63, 3.8) is 0 Å². The topological polar surface area (TPSA) is 106 Å². The maximum Gasteiger partial charge on any atom is 0.407 e. The summed E-state index contributed by atoms with van der Waals surface area (Å²) in [5, 5.41) is 6.83. The van der Waals surface area contributed by atoms with Crippen LogP contribution < -0.4 is 16.4 Å². The number of pyridine rings is 1. The molecule has 0 aliphatic heterocycles. The molecule has 1 aliphatic rings. The first-order valence-electron chi connectivity index (χ1n) is 12.8. The molecule has 0 spiro atoms. The molecule has 0 bridgehead atoms. The number of thiophene rings is 1. The van der Waals surface area contributed by atoms with Crippen LogP contribution >= 0.6 is 11.3 Å². The van der Waals surface area contributed by atoms with Gasteiger partial charge in [-0.15, -0.1) is 11.3 Å². The van der Waals surface area contributed by atoms with Crippen LogP contribution in [0.3, 0.4) is 0 Å². The van der Waals surface area contributed by atoms with Gasteiger partial charge in [0.15, 0.2) is 0 Å². The maximum atomic E-state index is 13.4. The molecule has 2 amide bonds. The molecule has 0 saturated heterocycles. The highest BCUT2D eigenvalue weighted by Gasteiger charge is 2.30. The molecule has 0 saturated carbocycles. The van der Waals surface area contributed by atoms with Gasteiger partial charge < -0.3 is 21.1 Å². The van der Waals surface area contributed by atoms with Crippen molar-refractivity contribution in [2.45, 2.75) is 72.4 Å². The summed E-state index contributed by atoms with van der Waals surface area (Å²) in [6.45, 7) is 12.5. The van der Waals surface area contributed by atoms with Crippen molar-refractivity contribution < 1.29 is 14.3 Å². The largest absolute Gasteiger partial charge is 0.444 e. The standard InChI is InChI=1S/C29H38N4O3S/c1-28(2,3)20-10-11-22-18(13-20)12-19-15-24(37-26(19)33-22)25(34)32-23(17-8-7-9-21(30)14-17)16-31-27(35)36-29(4,5)6/h7-9,12,14-15,20,23H,10-11,13,16,30H2,1-6H3,(H,31,35)(H,32,34)/t20?,23-/m1/s1. The number of anilines is 1. The first-order chi connectivity index (χ1) is 17.3. The van der Waals surface area contributed by atoms with Crippen molar-refractivity contribution in [3.8, 4) is 0 Å². The Bertz CT molecular complexity index is 1300. The fraction of sp³-hybridized carbons (Fsp3) is 0.483. The Morgan fingerprint density at radius 2 is 1.92 bits per heavy atom. The summed E-state index contributed by atoms with van der Waals surface area (Å²) >= 11 is 1.40. The Kier molecular flexibility index (Phi) is 7.51. The summed E-state index contributed by atoms with van der Waals surface area (Å²) in [7, 11) is 0. The number of hydrogen-bond acceptors (Lipinski definition) is 6. The molecule has 1 unspecified atom stereocenters. The SMILES string of the molecule is CC(C)(C)OC(=O)NC[C@@H](NC(=O)c1cc2cc3c(nc2s1)CCC(C(C)(C)C)C3)c1cccc(N)c1. The molecule has 2 aromatic heterocycles. The molecule has 0 fully saturated rings. The molecule has 37 heavy (non-hydrogen) atoms. The van der Waals surface area contributed by atoms with E-state index in [0.29, 0.717) is 16.5 Å². The molecular weight excluding hydrogens is 484 g/mol. The van der Waals surface area contributed by atoms with Gasteiger partial charge in [0.1, 0.15) is 10.4 Å². The van der Waals surface area contributed by atoms with Gasteiger partial charge in [-0.05, 0) is 86.8 Å². The number of ether oxygens (including phenoxy) is 1. The average Bonchev–Trinajstić information content (AvgIpc) is 3.21. The summed E-state index contributed by atoms with van der Waals surface area (Å²) in [4.78, 5) is 32.0. The van der Waals surface area contributed by atoms with Crippen molar-refractivity contribution in [2.24, 2.45) is 11.3 Å². The highest BCUT2D eigenvalue weighted by molar-refractivity contribution is 7.20. The molecule has 3 aromatic rings. The van der Waals surface area contributed by atoms with Crippen LogP contribution in [0.5, 0.6) is 0 Å². The second kappa shape index (κ2) is 10.3. The lowest BCUT2D eigenvalue weighted by atomic mass is 9.71. The summed E-state index contributed by atoms with van der Waals surface area (Å²) in [6, 6.07) is 10.9. The molecule has 198 valence electrons. The number of rotatable bonds is 5. The van der Waals surface area contributed by atoms with E-state index in [-0.39, 0.29) is 17.9 Å². The Hall–Kier alpha value is -3.13. The third kappa shape index (κ3) is 6.80. The van der Waals surface area contributed by atoms with Gasteiger partial charge in [0.05, 0.1) is 10.9 Å². The van der Waals surface area contributed by atoms with Crippen LogP contribution in [-0.4, -0.2) is 29.1 Å². The predicted octanol–water partition coefficient (Wildman–Crippen LogP) is 6.03. The molecule has 2 atom stereocenters.